The highest BCUT2D eigenvalue weighted by Crippen LogP contribution is 2.32. The summed E-state index contributed by atoms with van der Waals surface area (Å²) in [5.74, 6) is 0.432. The number of fused-ring (bicyclic) bond motifs is 3. The first-order valence-corrected chi connectivity index (χ1v) is 13.3. The van der Waals surface area contributed by atoms with E-state index in [9.17, 15) is 9.59 Å². The molecule has 5 rings (SSSR count). The van der Waals surface area contributed by atoms with Crippen molar-refractivity contribution in [2.45, 2.75) is 50.4 Å². The van der Waals surface area contributed by atoms with Crippen molar-refractivity contribution in [3.63, 3.8) is 0 Å². The summed E-state index contributed by atoms with van der Waals surface area (Å²) in [5, 5.41) is 1.63. The molecular formula is C26H27N3O2S2. The summed E-state index contributed by atoms with van der Waals surface area (Å²) in [5.41, 5.74) is 1.91. The molecular weight excluding hydrogens is 450 g/mol. The van der Waals surface area contributed by atoms with Gasteiger partial charge in [0.2, 0.25) is 5.91 Å². The van der Waals surface area contributed by atoms with Crippen LogP contribution in [0.25, 0.3) is 20.3 Å². The van der Waals surface area contributed by atoms with E-state index in [-0.39, 0.29) is 17.5 Å². The predicted molar refractivity (Wildman–Crippen MR) is 137 cm³/mol. The van der Waals surface area contributed by atoms with Crippen LogP contribution in [0.15, 0.2) is 64.5 Å². The number of aryl methyl sites for hydroxylation is 1. The molecule has 0 aliphatic carbocycles. The lowest BCUT2D eigenvalue weighted by molar-refractivity contribution is -0.131. The van der Waals surface area contributed by atoms with Gasteiger partial charge in [-0.3, -0.25) is 14.2 Å². The summed E-state index contributed by atoms with van der Waals surface area (Å²) in [6.45, 7) is 3.49. The van der Waals surface area contributed by atoms with Crippen molar-refractivity contribution in [3.8, 4) is 0 Å². The number of rotatable bonds is 6. The molecule has 1 atom stereocenters. The van der Waals surface area contributed by atoms with E-state index < -0.39 is 0 Å². The van der Waals surface area contributed by atoms with Crippen molar-refractivity contribution in [2.75, 3.05) is 12.3 Å². The van der Waals surface area contributed by atoms with Gasteiger partial charge < -0.3 is 4.90 Å². The Kier molecular flexibility index (Phi) is 6.51. The minimum absolute atomic E-state index is 0.0154. The first-order chi connectivity index (χ1) is 16.1. The Labute approximate surface area is 201 Å². The average Bonchev–Trinajstić information content (AvgIpc) is 3.22. The first kappa shape index (κ1) is 22.2. The van der Waals surface area contributed by atoms with E-state index in [4.69, 9.17) is 4.98 Å². The topological polar surface area (TPSA) is 55.2 Å². The second-order valence-corrected chi connectivity index (χ2v) is 10.6. The van der Waals surface area contributed by atoms with E-state index in [0.717, 1.165) is 41.4 Å². The second-order valence-electron chi connectivity index (χ2n) is 8.58. The van der Waals surface area contributed by atoms with Gasteiger partial charge in [0.1, 0.15) is 4.70 Å². The standard InChI is InChI=1S/C26H27N3O2S2/c1-18-9-7-8-15-28(18)22(30)17-32-26-27-23-20-12-5-6-13-21(20)33-24(23)25(31)29(26)16-14-19-10-3-2-4-11-19/h2-6,10-13,18H,7-9,14-17H2,1H3. The lowest BCUT2D eigenvalue weighted by Gasteiger charge is -2.33. The molecule has 170 valence electrons. The van der Waals surface area contributed by atoms with Crippen LogP contribution < -0.4 is 5.56 Å². The molecule has 33 heavy (non-hydrogen) atoms. The summed E-state index contributed by atoms with van der Waals surface area (Å²) >= 11 is 2.89. The van der Waals surface area contributed by atoms with Crippen molar-refractivity contribution < 1.29 is 4.79 Å². The van der Waals surface area contributed by atoms with Gasteiger partial charge in [-0.05, 0) is 44.2 Å². The number of piperidine rings is 1. The van der Waals surface area contributed by atoms with Crippen LogP contribution >= 0.6 is 23.1 Å². The van der Waals surface area contributed by atoms with Crippen LogP contribution in [0.2, 0.25) is 0 Å². The van der Waals surface area contributed by atoms with Gasteiger partial charge in [-0.2, -0.15) is 0 Å². The molecule has 4 aromatic rings. The third-order valence-electron chi connectivity index (χ3n) is 6.36. The fourth-order valence-corrected chi connectivity index (χ4v) is 6.52. The van der Waals surface area contributed by atoms with E-state index in [1.54, 1.807) is 4.57 Å². The van der Waals surface area contributed by atoms with Crippen molar-refractivity contribution in [1.82, 2.24) is 14.5 Å². The number of likely N-dealkylation sites (tertiary alicyclic amines) is 1. The van der Waals surface area contributed by atoms with Gasteiger partial charge in [-0.15, -0.1) is 11.3 Å². The molecule has 5 nitrogen and oxygen atoms in total. The maximum atomic E-state index is 13.6. The zero-order valence-corrected chi connectivity index (χ0v) is 20.3. The van der Waals surface area contributed by atoms with E-state index in [2.05, 4.69) is 19.1 Å². The zero-order chi connectivity index (χ0) is 22.8. The Bertz CT molecular complexity index is 1350. The maximum Gasteiger partial charge on any atom is 0.272 e. The smallest absolute Gasteiger partial charge is 0.272 e. The summed E-state index contributed by atoms with van der Waals surface area (Å²) in [6.07, 6.45) is 4.04. The Morgan fingerprint density at radius 2 is 1.91 bits per heavy atom. The van der Waals surface area contributed by atoms with Gasteiger partial charge in [-0.1, -0.05) is 60.3 Å². The number of nitrogens with zero attached hydrogens (tertiary/aromatic N) is 3. The van der Waals surface area contributed by atoms with Crippen LogP contribution in [0, 0.1) is 0 Å². The van der Waals surface area contributed by atoms with Crippen LogP contribution in [0.5, 0.6) is 0 Å². The normalized spacial score (nSPS) is 16.5. The Morgan fingerprint density at radius 1 is 1.12 bits per heavy atom. The number of hydrogen-bond acceptors (Lipinski definition) is 5. The average molecular weight is 478 g/mol. The van der Waals surface area contributed by atoms with Gasteiger partial charge in [-0.25, -0.2) is 4.98 Å². The number of thiophene rings is 1. The molecule has 2 aromatic heterocycles. The second kappa shape index (κ2) is 9.69. The van der Waals surface area contributed by atoms with Crippen molar-refractivity contribution >= 4 is 49.3 Å². The molecule has 1 amide bonds. The van der Waals surface area contributed by atoms with E-state index in [1.165, 1.54) is 35.1 Å². The molecule has 0 radical (unpaired) electrons. The van der Waals surface area contributed by atoms with Crippen LogP contribution in [0.4, 0.5) is 0 Å². The van der Waals surface area contributed by atoms with Gasteiger partial charge >= 0.3 is 0 Å². The molecule has 0 spiro atoms. The number of thioether (sulfide) groups is 1. The van der Waals surface area contributed by atoms with Crippen molar-refractivity contribution in [1.29, 1.82) is 0 Å². The van der Waals surface area contributed by atoms with Gasteiger partial charge in [0, 0.05) is 29.2 Å². The number of benzene rings is 2. The minimum Gasteiger partial charge on any atom is -0.339 e. The molecule has 1 fully saturated rings. The number of carbonyl (C=O) groups excluding carboxylic acids is 1. The highest BCUT2D eigenvalue weighted by Gasteiger charge is 2.24. The van der Waals surface area contributed by atoms with Crippen LogP contribution in [0.1, 0.15) is 31.7 Å². The van der Waals surface area contributed by atoms with E-state index in [1.807, 2.05) is 47.4 Å². The van der Waals surface area contributed by atoms with Gasteiger partial charge in [0.15, 0.2) is 5.16 Å². The summed E-state index contributed by atoms with van der Waals surface area (Å²) in [6, 6.07) is 18.5. The minimum atomic E-state index is -0.0154. The maximum absolute atomic E-state index is 13.6. The number of amides is 1. The fraction of sp³-hybridized carbons (Fsp3) is 0.346. The molecule has 1 unspecified atom stereocenters. The molecule has 0 bridgehead atoms. The Morgan fingerprint density at radius 3 is 2.73 bits per heavy atom. The first-order valence-electron chi connectivity index (χ1n) is 11.5. The fourth-order valence-electron chi connectivity index (χ4n) is 4.52. The molecule has 1 aliphatic rings. The van der Waals surface area contributed by atoms with Crippen molar-refractivity contribution in [2.24, 2.45) is 0 Å². The van der Waals surface area contributed by atoms with Crippen molar-refractivity contribution in [3.05, 3.63) is 70.5 Å². The third-order valence-corrected chi connectivity index (χ3v) is 8.47. The number of carbonyl (C=O) groups is 1. The molecule has 0 N–H and O–H groups in total. The quantitative estimate of drug-likeness (QED) is 0.278. The molecule has 0 saturated carbocycles. The highest BCUT2D eigenvalue weighted by molar-refractivity contribution is 7.99. The molecule has 7 heteroatoms. The zero-order valence-electron chi connectivity index (χ0n) is 18.7. The SMILES string of the molecule is CC1CCCCN1C(=O)CSc1nc2c(sc3ccccc32)c(=O)n1CCc1ccccc1. The molecule has 1 aliphatic heterocycles. The van der Waals surface area contributed by atoms with Crippen LogP contribution in [-0.2, 0) is 17.8 Å². The van der Waals surface area contributed by atoms with Gasteiger partial charge in [0.25, 0.3) is 5.56 Å². The molecule has 1 saturated heterocycles. The van der Waals surface area contributed by atoms with Gasteiger partial charge in [0.05, 0.1) is 11.3 Å². The van der Waals surface area contributed by atoms with E-state index in [0.29, 0.717) is 22.2 Å². The van der Waals surface area contributed by atoms with Crippen LogP contribution in [-0.4, -0.2) is 38.7 Å². The third kappa shape index (κ3) is 4.57. The molecule has 3 heterocycles. The Hall–Kier alpha value is -2.64. The summed E-state index contributed by atoms with van der Waals surface area (Å²) in [4.78, 5) is 33.5. The monoisotopic (exact) mass is 477 g/mol. The number of hydrogen-bond donors (Lipinski definition) is 0. The number of aromatic nitrogens is 2. The summed E-state index contributed by atoms with van der Waals surface area (Å²) < 4.78 is 3.51. The summed E-state index contributed by atoms with van der Waals surface area (Å²) in [7, 11) is 0. The predicted octanol–water partition coefficient (Wildman–Crippen LogP) is 5.35. The van der Waals surface area contributed by atoms with Crippen LogP contribution in [0.3, 0.4) is 0 Å². The van der Waals surface area contributed by atoms with E-state index >= 15 is 0 Å². The lowest BCUT2D eigenvalue weighted by atomic mass is 10.0. The Balaban J connectivity index is 1.49. The molecule has 2 aromatic carbocycles. The highest BCUT2D eigenvalue weighted by atomic mass is 32.2. The largest absolute Gasteiger partial charge is 0.339 e. The lowest BCUT2D eigenvalue weighted by Crippen LogP contribution is -2.43.